The normalized spacial score (nSPS) is 29.6. The Balaban J connectivity index is 2.03. The molecule has 96 valence electrons. The maximum Gasteiger partial charge on any atom is 0.163 e. The van der Waals surface area contributed by atoms with Crippen molar-refractivity contribution >= 4 is 5.78 Å². The van der Waals surface area contributed by atoms with Gasteiger partial charge in [0.2, 0.25) is 0 Å². The van der Waals surface area contributed by atoms with Gasteiger partial charge >= 0.3 is 0 Å². The van der Waals surface area contributed by atoms with Gasteiger partial charge in [0.25, 0.3) is 0 Å². The van der Waals surface area contributed by atoms with Gasteiger partial charge in [0.05, 0.1) is 12.7 Å². The highest BCUT2D eigenvalue weighted by atomic mass is 16.5. The molecule has 2 nitrogen and oxygen atoms in total. The number of benzene rings is 1. The van der Waals surface area contributed by atoms with Crippen LogP contribution >= 0.6 is 0 Å². The highest BCUT2D eigenvalue weighted by Crippen LogP contribution is 2.53. The summed E-state index contributed by atoms with van der Waals surface area (Å²) >= 11 is 0. The van der Waals surface area contributed by atoms with Crippen molar-refractivity contribution in [2.75, 3.05) is 7.11 Å². The molecule has 0 aliphatic heterocycles. The molecule has 2 saturated carbocycles. The summed E-state index contributed by atoms with van der Waals surface area (Å²) in [6.07, 6.45) is 5.35. The summed E-state index contributed by atoms with van der Waals surface area (Å²) in [6.45, 7) is 1.65. The van der Waals surface area contributed by atoms with E-state index in [1.165, 1.54) is 31.2 Å². The van der Waals surface area contributed by atoms with E-state index in [4.69, 9.17) is 4.74 Å². The van der Waals surface area contributed by atoms with Gasteiger partial charge in [0, 0.05) is 0 Å². The van der Waals surface area contributed by atoms with Gasteiger partial charge in [-0.05, 0) is 55.6 Å². The zero-order valence-electron chi connectivity index (χ0n) is 11.1. The molecule has 2 heteroatoms. The van der Waals surface area contributed by atoms with Crippen LogP contribution in [-0.2, 0) is 0 Å². The van der Waals surface area contributed by atoms with E-state index in [9.17, 15) is 4.79 Å². The Kier molecular flexibility index (Phi) is 2.89. The summed E-state index contributed by atoms with van der Waals surface area (Å²) in [5.41, 5.74) is 2.05. The van der Waals surface area contributed by atoms with Crippen molar-refractivity contribution in [2.24, 2.45) is 11.8 Å². The summed E-state index contributed by atoms with van der Waals surface area (Å²) in [5.74, 6) is 3.14. The van der Waals surface area contributed by atoms with Crippen molar-refractivity contribution in [1.82, 2.24) is 0 Å². The van der Waals surface area contributed by atoms with E-state index in [0.717, 1.165) is 23.1 Å². The highest BCUT2D eigenvalue weighted by Gasteiger charge is 2.41. The molecule has 1 aromatic carbocycles. The summed E-state index contributed by atoms with van der Waals surface area (Å²) in [7, 11) is 1.65. The second-order valence-electron chi connectivity index (χ2n) is 5.76. The van der Waals surface area contributed by atoms with Crippen molar-refractivity contribution in [2.45, 2.75) is 38.5 Å². The molecule has 0 amide bonds. The number of ether oxygens (including phenoxy) is 1. The lowest BCUT2D eigenvalue weighted by atomic mass is 9.80. The number of hydrogen-bond donors (Lipinski definition) is 0. The van der Waals surface area contributed by atoms with Gasteiger partial charge in [-0.1, -0.05) is 18.6 Å². The van der Waals surface area contributed by atoms with Crippen LogP contribution in [-0.4, -0.2) is 12.9 Å². The van der Waals surface area contributed by atoms with Crippen LogP contribution in [0.4, 0.5) is 0 Å². The van der Waals surface area contributed by atoms with E-state index in [0.29, 0.717) is 5.92 Å². The van der Waals surface area contributed by atoms with Crippen LogP contribution in [0.2, 0.25) is 0 Å². The fourth-order valence-corrected chi connectivity index (χ4v) is 4.03. The lowest BCUT2D eigenvalue weighted by Gasteiger charge is -2.24. The van der Waals surface area contributed by atoms with Crippen LogP contribution < -0.4 is 4.74 Å². The van der Waals surface area contributed by atoms with Crippen molar-refractivity contribution in [3.05, 3.63) is 29.3 Å². The molecule has 3 rings (SSSR count). The van der Waals surface area contributed by atoms with E-state index in [-0.39, 0.29) is 5.78 Å². The van der Waals surface area contributed by atoms with Gasteiger partial charge in [-0.25, -0.2) is 0 Å². The maximum absolute atomic E-state index is 11.9. The van der Waals surface area contributed by atoms with Crippen LogP contribution in [0, 0.1) is 11.8 Å². The second kappa shape index (κ2) is 4.42. The summed E-state index contributed by atoms with van der Waals surface area (Å²) in [6, 6.07) is 6.05. The van der Waals surface area contributed by atoms with Gasteiger partial charge in [0.1, 0.15) is 5.75 Å². The van der Waals surface area contributed by atoms with E-state index >= 15 is 0 Å². The van der Waals surface area contributed by atoms with Crippen molar-refractivity contribution in [1.29, 1.82) is 0 Å². The molecule has 3 unspecified atom stereocenters. The average Bonchev–Trinajstić information content (AvgIpc) is 2.99. The number of methoxy groups -OCH3 is 1. The summed E-state index contributed by atoms with van der Waals surface area (Å²) in [4.78, 5) is 11.9. The van der Waals surface area contributed by atoms with Gasteiger partial charge < -0.3 is 4.74 Å². The Bertz CT molecular complexity index is 478. The molecule has 18 heavy (non-hydrogen) atoms. The first-order valence-electron chi connectivity index (χ1n) is 6.88. The minimum atomic E-state index is 0.130. The first-order valence-corrected chi connectivity index (χ1v) is 6.88. The Morgan fingerprint density at radius 1 is 1.28 bits per heavy atom. The van der Waals surface area contributed by atoms with Crippen LogP contribution in [0.5, 0.6) is 5.75 Å². The number of hydrogen-bond acceptors (Lipinski definition) is 2. The first kappa shape index (κ1) is 11.8. The standard InChI is InChI=1S/C16H20O2/c1-10(17)16-13(4-3-5-15(16)18-2)14-9-11-6-7-12(14)8-11/h3-5,11-12,14H,6-9H2,1-2H3. The third-order valence-corrected chi connectivity index (χ3v) is 4.77. The fraction of sp³-hybridized carbons (Fsp3) is 0.562. The van der Waals surface area contributed by atoms with Crippen LogP contribution in [0.1, 0.15) is 54.4 Å². The summed E-state index contributed by atoms with van der Waals surface area (Å²) in [5, 5.41) is 0. The molecule has 0 spiro atoms. The summed E-state index contributed by atoms with van der Waals surface area (Å²) < 4.78 is 5.37. The molecule has 0 N–H and O–H groups in total. The molecule has 3 atom stereocenters. The first-order chi connectivity index (χ1) is 8.70. The van der Waals surface area contributed by atoms with Crippen LogP contribution in [0.3, 0.4) is 0 Å². The molecule has 2 fully saturated rings. The van der Waals surface area contributed by atoms with E-state index < -0.39 is 0 Å². The lowest BCUT2D eigenvalue weighted by Crippen LogP contribution is -2.13. The van der Waals surface area contributed by atoms with Gasteiger partial charge in [-0.3, -0.25) is 4.79 Å². The molecule has 2 aliphatic carbocycles. The topological polar surface area (TPSA) is 26.3 Å². The molecule has 0 radical (unpaired) electrons. The van der Waals surface area contributed by atoms with Crippen molar-refractivity contribution in [3.63, 3.8) is 0 Å². The quantitative estimate of drug-likeness (QED) is 0.756. The fourth-order valence-electron chi connectivity index (χ4n) is 4.03. The molecular weight excluding hydrogens is 224 g/mol. The number of carbonyl (C=O) groups is 1. The maximum atomic E-state index is 11.9. The molecule has 1 aromatic rings. The lowest BCUT2D eigenvalue weighted by molar-refractivity contribution is 0.101. The monoisotopic (exact) mass is 244 g/mol. The van der Waals surface area contributed by atoms with Crippen molar-refractivity contribution < 1.29 is 9.53 Å². The average molecular weight is 244 g/mol. The van der Waals surface area contributed by atoms with E-state index in [1.54, 1.807) is 14.0 Å². The number of Topliss-reactive ketones (excluding diaryl/α,β-unsaturated/α-hetero) is 1. The predicted molar refractivity (Wildman–Crippen MR) is 71.2 cm³/mol. The second-order valence-corrected chi connectivity index (χ2v) is 5.76. The van der Waals surface area contributed by atoms with Gasteiger partial charge in [-0.2, -0.15) is 0 Å². The van der Waals surface area contributed by atoms with Gasteiger partial charge in [0.15, 0.2) is 5.78 Å². The zero-order valence-corrected chi connectivity index (χ0v) is 11.1. The van der Waals surface area contributed by atoms with Gasteiger partial charge in [-0.15, -0.1) is 0 Å². The molecule has 2 bridgehead atoms. The smallest absolute Gasteiger partial charge is 0.163 e. The third-order valence-electron chi connectivity index (χ3n) is 4.77. The van der Waals surface area contributed by atoms with Crippen LogP contribution in [0.25, 0.3) is 0 Å². The van der Waals surface area contributed by atoms with E-state index in [1.807, 2.05) is 12.1 Å². The van der Waals surface area contributed by atoms with Crippen LogP contribution in [0.15, 0.2) is 18.2 Å². The zero-order chi connectivity index (χ0) is 12.7. The Morgan fingerprint density at radius 2 is 2.11 bits per heavy atom. The molecule has 2 aliphatic rings. The molecular formula is C16H20O2. The Hall–Kier alpha value is -1.31. The number of fused-ring (bicyclic) bond motifs is 2. The minimum absolute atomic E-state index is 0.130. The third kappa shape index (κ3) is 1.75. The minimum Gasteiger partial charge on any atom is -0.496 e. The van der Waals surface area contributed by atoms with E-state index in [2.05, 4.69) is 6.07 Å². The number of rotatable bonds is 3. The Labute approximate surface area is 108 Å². The number of ketones is 1. The molecule has 0 heterocycles. The van der Waals surface area contributed by atoms with Crippen molar-refractivity contribution in [3.8, 4) is 5.75 Å². The largest absolute Gasteiger partial charge is 0.496 e. The molecule has 0 saturated heterocycles. The predicted octanol–water partition coefficient (Wildman–Crippen LogP) is 3.80. The Morgan fingerprint density at radius 3 is 2.67 bits per heavy atom. The SMILES string of the molecule is COc1cccc(C2CC3CCC2C3)c1C(C)=O. The highest BCUT2D eigenvalue weighted by molar-refractivity contribution is 5.98. The number of carbonyl (C=O) groups excluding carboxylic acids is 1. The molecule has 0 aromatic heterocycles.